The third kappa shape index (κ3) is 4.99. The van der Waals surface area contributed by atoms with Gasteiger partial charge >= 0.3 is 5.97 Å². The average molecular weight is 378 g/mol. The van der Waals surface area contributed by atoms with Crippen molar-refractivity contribution in [2.24, 2.45) is 28.2 Å². The standard InChI is InChI=1S/C10H16O4S.C6H14N2O2/c1-9(2)7-3-4-10(9,8(11)5-7)6-15(12,13)14;7-4-2-1-3-5(8)6(9)10/h7H,3-6H2,1-2H3,(H,12,13,14);5H,1-4,7-8H2,(H,9,10). The Bertz CT molecular complexity index is 604. The predicted octanol–water partition coefficient (Wildman–Crippen LogP) is 0.797. The zero-order valence-electron chi connectivity index (χ0n) is 14.9. The van der Waals surface area contributed by atoms with Gasteiger partial charge in [0.2, 0.25) is 0 Å². The lowest BCUT2D eigenvalue weighted by atomic mass is 9.70. The Morgan fingerprint density at radius 2 is 1.96 bits per heavy atom. The Kier molecular flexibility index (Phi) is 7.14. The zero-order chi connectivity index (χ0) is 19.5. The first-order valence-corrected chi connectivity index (χ1v) is 10.1. The summed E-state index contributed by atoms with van der Waals surface area (Å²) >= 11 is 0. The summed E-state index contributed by atoms with van der Waals surface area (Å²) in [5.74, 6) is -1.03. The minimum atomic E-state index is -4.08. The van der Waals surface area contributed by atoms with Crippen molar-refractivity contribution in [1.29, 1.82) is 0 Å². The van der Waals surface area contributed by atoms with Gasteiger partial charge in [-0.15, -0.1) is 0 Å². The number of carboxylic acid groups (broad SMARTS) is 1. The van der Waals surface area contributed by atoms with E-state index in [9.17, 15) is 18.0 Å². The Morgan fingerprint density at radius 1 is 1.36 bits per heavy atom. The van der Waals surface area contributed by atoms with Gasteiger partial charge in [0.25, 0.3) is 10.1 Å². The molecule has 3 atom stereocenters. The van der Waals surface area contributed by atoms with Crippen LogP contribution in [-0.2, 0) is 19.7 Å². The molecule has 0 aromatic carbocycles. The Labute approximate surface area is 149 Å². The van der Waals surface area contributed by atoms with Crippen molar-refractivity contribution in [2.45, 2.75) is 58.4 Å². The molecule has 25 heavy (non-hydrogen) atoms. The van der Waals surface area contributed by atoms with Gasteiger partial charge in [-0.2, -0.15) is 8.42 Å². The molecule has 0 radical (unpaired) electrons. The second kappa shape index (κ2) is 8.11. The van der Waals surface area contributed by atoms with E-state index in [0.29, 0.717) is 25.8 Å². The number of rotatable bonds is 7. The number of carbonyl (C=O) groups excluding carboxylic acids is 1. The first kappa shape index (κ1) is 22.0. The summed E-state index contributed by atoms with van der Waals surface area (Å²) in [7, 11) is -4.08. The van der Waals surface area contributed by atoms with Crippen molar-refractivity contribution < 1.29 is 27.7 Å². The van der Waals surface area contributed by atoms with E-state index in [1.165, 1.54) is 0 Å². The second-order valence-electron chi connectivity index (χ2n) is 7.62. The summed E-state index contributed by atoms with van der Waals surface area (Å²) in [6.07, 6.45) is 4.14. The lowest BCUT2D eigenvalue weighted by Gasteiger charge is -2.35. The highest BCUT2D eigenvalue weighted by molar-refractivity contribution is 7.85. The number of nitrogens with two attached hydrogens (primary N) is 2. The topological polar surface area (TPSA) is 161 Å². The maximum Gasteiger partial charge on any atom is 0.320 e. The van der Waals surface area contributed by atoms with Gasteiger partial charge in [-0.3, -0.25) is 14.1 Å². The van der Waals surface area contributed by atoms with Gasteiger partial charge in [0.15, 0.2) is 0 Å². The van der Waals surface area contributed by atoms with Crippen LogP contribution in [0.15, 0.2) is 0 Å². The summed E-state index contributed by atoms with van der Waals surface area (Å²) in [4.78, 5) is 22.0. The average Bonchev–Trinajstić information content (AvgIpc) is 2.80. The molecule has 3 unspecified atom stereocenters. The van der Waals surface area contributed by atoms with Crippen molar-refractivity contribution in [3.8, 4) is 0 Å². The molecule has 2 saturated carbocycles. The SMILES string of the molecule is CC1(C)C2CCC1(CS(=O)(=O)O)C(=O)C2.NCCCCC(N)C(=O)O. The van der Waals surface area contributed by atoms with Gasteiger partial charge in [-0.25, -0.2) is 0 Å². The maximum atomic E-state index is 11.9. The first-order valence-electron chi connectivity index (χ1n) is 8.54. The molecule has 0 saturated heterocycles. The van der Waals surface area contributed by atoms with Crippen molar-refractivity contribution in [3.05, 3.63) is 0 Å². The van der Waals surface area contributed by atoms with E-state index in [1.54, 1.807) is 0 Å². The smallest absolute Gasteiger partial charge is 0.320 e. The van der Waals surface area contributed by atoms with Gasteiger partial charge in [-0.1, -0.05) is 20.3 Å². The van der Waals surface area contributed by atoms with Crippen molar-refractivity contribution >= 4 is 21.9 Å². The van der Waals surface area contributed by atoms with Crippen molar-refractivity contribution in [1.82, 2.24) is 0 Å². The number of hydrogen-bond acceptors (Lipinski definition) is 6. The molecule has 0 aromatic heterocycles. The number of carboxylic acids is 1. The summed E-state index contributed by atoms with van der Waals surface area (Å²) < 4.78 is 31.0. The van der Waals surface area contributed by atoms with Gasteiger partial charge in [-0.05, 0) is 43.6 Å². The van der Waals surface area contributed by atoms with Crippen LogP contribution in [0, 0.1) is 16.7 Å². The molecule has 0 spiro atoms. The Balaban J connectivity index is 0.000000275. The summed E-state index contributed by atoms with van der Waals surface area (Å²) in [5.41, 5.74) is 9.30. The second-order valence-corrected chi connectivity index (χ2v) is 9.07. The lowest BCUT2D eigenvalue weighted by Crippen LogP contribution is -2.42. The fourth-order valence-electron chi connectivity index (χ4n) is 4.05. The number of ketones is 1. The van der Waals surface area contributed by atoms with Crippen LogP contribution in [0.2, 0.25) is 0 Å². The van der Waals surface area contributed by atoms with Crippen LogP contribution >= 0.6 is 0 Å². The highest BCUT2D eigenvalue weighted by Gasteiger charge is 2.65. The molecule has 0 amide bonds. The molecular weight excluding hydrogens is 348 g/mol. The van der Waals surface area contributed by atoms with Crippen molar-refractivity contribution in [2.75, 3.05) is 12.3 Å². The van der Waals surface area contributed by atoms with E-state index < -0.39 is 33.3 Å². The lowest BCUT2D eigenvalue weighted by molar-refractivity contribution is -0.138. The van der Waals surface area contributed by atoms with Crippen LogP contribution in [0.5, 0.6) is 0 Å². The van der Waals surface area contributed by atoms with E-state index in [2.05, 4.69) is 0 Å². The predicted molar refractivity (Wildman–Crippen MR) is 93.5 cm³/mol. The molecule has 2 bridgehead atoms. The molecule has 6 N–H and O–H groups in total. The fourth-order valence-corrected chi connectivity index (χ4v) is 5.35. The monoisotopic (exact) mass is 378 g/mol. The number of unbranched alkanes of at least 4 members (excludes halogenated alkanes) is 1. The molecule has 2 fully saturated rings. The minimum absolute atomic E-state index is 0.0152. The van der Waals surface area contributed by atoms with Crippen LogP contribution in [0.25, 0.3) is 0 Å². The van der Waals surface area contributed by atoms with E-state index in [4.69, 9.17) is 21.1 Å². The summed E-state index contributed by atoms with van der Waals surface area (Å²) in [6, 6.07) is -0.716. The number of Topliss-reactive ketones (excluding diaryl/α,β-unsaturated/α-hetero) is 1. The zero-order valence-corrected chi connectivity index (χ0v) is 15.7. The highest BCUT2D eigenvalue weighted by atomic mass is 32.2. The molecule has 2 aliphatic carbocycles. The van der Waals surface area contributed by atoms with Gasteiger partial charge in [0.1, 0.15) is 11.8 Å². The first-order chi connectivity index (χ1) is 11.4. The third-order valence-corrected chi connectivity index (χ3v) is 6.71. The highest BCUT2D eigenvalue weighted by Crippen LogP contribution is 2.64. The molecule has 2 aliphatic rings. The fraction of sp³-hybridized carbons (Fsp3) is 0.875. The van der Waals surface area contributed by atoms with Gasteiger partial charge in [0.05, 0.1) is 11.2 Å². The Morgan fingerprint density at radius 3 is 2.32 bits per heavy atom. The quantitative estimate of drug-likeness (QED) is 0.373. The largest absolute Gasteiger partial charge is 0.480 e. The maximum absolute atomic E-state index is 11.9. The van der Waals surface area contributed by atoms with E-state index in [0.717, 1.165) is 19.3 Å². The molecule has 2 rings (SSSR count). The van der Waals surface area contributed by atoms with Crippen LogP contribution < -0.4 is 11.5 Å². The van der Waals surface area contributed by atoms with Gasteiger partial charge in [0, 0.05) is 6.42 Å². The normalized spacial score (nSPS) is 28.4. The minimum Gasteiger partial charge on any atom is -0.480 e. The number of hydrogen-bond donors (Lipinski definition) is 4. The van der Waals surface area contributed by atoms with E-state index >= 15 is 0 Å². The van der Waals surface area contributed by atoms with Crippen LogP contribution in [0.3, 0.4) is 0 Å². The van der Waals surface area contributed by atoms with Gasteiger partial charge < -0.3 is 16.6 Å². The van der Waals surface area contributed by atoms with Crippen LogP contribution in [0.4, 0.5) is 0 Å². The molecule has 9 heteroatoms. The molecule has 8 nitrogen and oxygen atoms in total. The third-order valence-electron chi connectivity index (χ3n) is 5.85. The van der Waals surface area contributed by atoms with Crippen LogP contribution in [0.1, 0.15) is 52.4 Å². The molecule has 146 valence electrons. The molecule has 0 heterocycles. The van der Waals surface area contributed by atoms with Crippen molar-refractivity contribution in [3.63, 3.8) is 0 Å². The number of fused-ring (bicyclic) bond motifs is 2. The van der Waals surface area contributed by atoms with E-state index in [-0.39, 0.29) is 17.1 Å². The Hall–Kier alpha value is -1.03. The summed E-state index contributed by atoms with van der Waals surface area (Å²) in [5, 5.41) is 8.33. The van der Waals surface area contributed by atoms with E-state index in [1.807, 2.05) is 13.8 Å². The van der Waals surface area contributed by atoms with Crippen LogP contribution in [-0.4, -0.2) is 48.2 Å². The molecule has 0 aliphatic heterocycles. The molecule has 0 aromatic rings. The molecular formula is C16H30N2O6S. The number of aliphatic carboxylic acids is 1. The number of carbonyl (C=O) groups is 2. The summed E-state index contributed by atoms with van der Waals surface area (Å²) in [6.45, 7) is 4.49.